The highest BCUT2D eigenvalue weighted by atomic mass is 19.1. The molecule has 2 heterocycles. The van der Waals surface area contributed by atoms with Crippen LogP contribution >= 0.6 is 0 Å². The van der Waals surface area contributed by atoms with Gasteiger partial charge in [0.25, 0.3) is 0 Å². The predicted octanol–water partition coefficient (Wildman–Crippen LogP) is 3.53. The summed E-state index contributed by atoms with van der Waals surface area (Å²) < 4.78 is 18.9. The molecule has 0 bridgehead atoms. The van der Waals surface area contributed by atoms with Gasteiger partial charge < -0.3 is 9.64 Å². The van der Waals surface area contributed by atoms with Crippen LogP contribution in [0.1, 0.15) is 31.3 Å². The van der Waals surface area contributed by atoms with Crippen molar-refractivity contribution in [3.63, 3.8) is 0 Å². The van der Waals surface area contributed by atoms with Gasteiger partial charge >= 0.3 is 0 Å². The van der Waals surface area contributed by atoms with Crippen LogP contribution in [0.3, 0.4) is 0 Å². The fraction of sp³-hybridized carbons (Fsp3) is 0.444. The van der Waals surface area contributed by atoms with Gasteiger partial charge in [-0.3, -0.25) is 0 Å². The summed E-state index contributed by atoms with van der Waals surface area (Å²) in [5, 5.41) is 0. The molecule has 0 unspecified atom stereocenters. The van der Waals surface area contributed by atoms with Gasteiger partial charge in [0.1, 0.15) is 29.3 Å². The molecule has 1 aromatic carbocycles. The molecule has 1 saturated heterocycles. The van der Waals surface area contributed by atoms with E-state index in [0.717, 1.165) is 55.4 Å². The fourth-order valence-electron chi connectivity index (χ4n) is 2.86. The Balaban J connectivity index is 1.60. The van der Waals surface area contributed by atoms with E-state index in [9.17, 15) is 4.39 Å². The van der Waals surface area contributed by atoms with Gasteiger partial charge in [-0.25, -0.2) is 14.4 Å². The second kappa shape index (κ2) is 6.94. The lowest BCUT2D eigenvalue weighted by molar-refractivity contribution is 0.170. The summed E-state index contributed by atoms with van der Waals surface area (Å²) in [6.45, 7) is 5.86. The normalized spacial score (nSPS) is 15.7. The van der Waals surface area contributed by atoms with Crippen molar-refractivity contribution in [2.75, 3.05) is 18.0 Å². The van der Waals surface area contributed by atoms with Gasteiger partial charge in [0.15, 0.2) is 0 Å². The highest BCUT2D eigenvalue weighted by Crippen LogP contribution is 2.23. The Labute approximate surface area is 136 Å². The molecule has 2 aromatic rings. The van der Waals surface area contributed by atoms with E-state index in [0.29, 0.717) is 0 Å². The monoisotopic (exact) mass is 315 g/mol. The molecule has 1 aromatic heterocycles. The number of benzene rings is 1. The zero-order valence-electron chi connectivity index (χ0n) is 13.6. The zero-order chi connectivity index (χ0) is 16.2. The molecule has 0 N–H and O–H groups in total. The number of halogens is 1. The van der Waals surface area contributed by atoms with Crippen LogP contribution in [-0.4, -0.2) is 29.2 Å². The predicted molar refractivity (Wildman–Crippen MR) is 88.4 cm³/mol. The van der Waals surface area contributed by atoms with E-state index in [2.05, 4.69) is 27.9 Å². The Morgan fingerprint density at radius 2 is 1.87 bits per heavy atom. The maximum Gasteiger partial charge on any atom is 0.132 e. The summed E-state index contributed by atoms with van der Waals surface area (Å²) in [7, 11) is 0. The number of nitrogens with zero attached hydrogens (tertiary/aromatic N) is 3. The van der Waals surface area contributed by atoms with Crippen molar-refractivity contribution in [2.24, 2.45) is 0 Å². The van der Waals surface area contributed by atoms with Gasteiger partial charge in [0.2, 0.25) is 0 Å². The second-order valence-corrected chi connectivity index (χ2v) is 5.88. The third-order valence-electron chi connectivity index (χ3n) is 4.12. The van der Waals surface area contributed by atoms with Crippen LogP contribution in [0, 0.1) is 12.7 Å². The molecule has 3 rings (SSSR count). The summed E-state index contributed by atoms with van der Waals surface area (Å²) in [6, 6.07) is 8.31. The minimum Gasteiger partial charge on any atom is -0.490 e. The van der Waals surface area contributed by atoms with Crippen molar-refractivity contribution in [3.05, 3.63) is 47.7 Å². The number of rotatable bonds is 4. The van der Waals surface area contributed by atoms with Crippen molar-refractivity contribution < 1.29 is 9.13 Å². The summed E-state index contributed by atoms with van der Waals surface area (Å²) in [5.41, 5.74) is 1.08. The molecule has 0 radical (unpaired) electrons. The number of piperidine rings is 1. The van der Waals surface area contributed by atoms with E-state index in [1.54, 1.807) is 12.1 Å². The van der Waals surface area contributed by atoms with E-state index in [1.165, 1.54) is 12.1 Å². The molecule has 0 spiro atoms. The first-order valence-corrected chi connectivity index (χ1v) is 8.16. The smallest absolute Gasteiger partial charge is 0.132 e. The van der Waals surface area contributed by atoms with Crippen LogP contribution in [-0.2, 0) is 6.42 Å². The topological polar surface area (TPSA) is 38.2 Å². The van der Waals surface area contributed by atoms with Crippen molar-refractivity contribution >= 4 is 5.82 Å². The van der Waals surface area contributed by atoms with Gasteiger partial charge in [0, 0.05) is 37.7 Å². The van der Waals surface area contributed by atoms with Crippen molar-refractivity contribution in [1.82, 2.24) is 9.97 Å². The third kappa shape index (κ3) is 3.97. The maximum atomic E-state index is 12.9. The molecule has 0 aliphatic carbocycles. The minimum atomic E-state index is -0.238. The summed E-state index contributed by atoms with van der Waals surface area (Å²) >= 11 is 0. The Bertz CT molecular complexity index is 652. The molecule has 1 aliphatic heterocycles. The Hall–Kier alpha value is -2.17. The molecule has 4 nitrogen and oxygen atoms in total. The first kappa shape index (κ1) is 15.7. The lowest BCUT2D eigenvalue weighted by Gasteiger charge is -2.33. The minimum absolute atomic E-state index is 0.172. The highest BCUT2D eigenvalue weighted by Gasteiger charge is 2.22. The van der Waals surface area contributed by atoms with Crippen LogP contribution in [0.4, 0.5) is 10.2 Å². The average Bonchev–Trinajstić information content (AvgIpc) is 2.57. The summed E-state index contributed by atoms with van der Waals surface area (Å²) in [5.74, 6) is 2.33. The van der Waals surface area contributed by atoms with Gasteiger partial charge in [0.05, 0.1) is 0 Å². The van der Waals surface area contributed by atoms with Crippen LogP contribution in [0.2, 0.25) is 0 Å². The molecule has 5 heteroatoms. The van der Waals surface area contributed by atoms with E-state index < -0.39 is 0 Å². The van der Waals surface area contributed by atoms with Crippen LogP contribution in [0.25, 0.3) is 0 Å². The molecule has 0 amide bonds. The number of hydrogen-bond donors (Lipinski definition) is 0. The van der Waals surface area contributed by atoms with Crippen LogP contribution in [0.15, 0.2) is 30.3 Å². The molecule has 1 aliphatic rings. The second-order valence-electron chi connectivity index (χ2n) is 5.88. The van der Waals surface area contributed by atoms with Crippen molar-refractivity contribution in [1.29, 1.82) is 0 Å². The van der Waals surface area contributed by atoms with Gasteiger partial charge in [-0.1, -0.05) is 6.92 Å². The molecule has 122 valence electrons. The van der Waals surface area contributed by atoms with E-state index in [4.69, 9.17) is 4.74 Å². The van der Waals surface area contributed by atoms with Gasteiger partial charge in [-0.05, 0) is 37.6 Å². The fourth-order valence-corrected chi connectivity index (χ4v) is 2.86. The van der Waals surface area contributed by atoms with E-state index in [1.807, 2.05) is 6.92 Å². The zero-order valence-corrected chi connectivity index (χ0v) is 13.6. The Morgan fingerprint density at radius 3 is 2.52 bits per heavy atom. The van der Waals surface area contributed by atoms with Crippen LogP contribution in [0.5, 0.6) is 5.75 Å². The largest absolute Gasteiger partial charge is 0.490 e. The first-order valence-electron chi connectivity index (χ1n) is 8.16. The molecule has 0 atom stereocenters. The molecule has 1 fully saturated rings. The molecular formula is C18H22FN3O. The Kier molecular flexibility index (Phi) is 4.74. The lowest BCUT2D eigenvalue weighted by Crippen LogP contribution is -2.38. The van der Waals surface area contributed by atoms with Gasteiger partial charge in [-0.15, -0.1) is 0 Å². The third-order valence-corrected chi connectivity index (χ3v) is 4.12. The molecule has 0 saturated carbocycles. The number of aryl methyl sites for hydroxylation is 2. The van der Waals surface area contributed by atoms with Crippen molar-refractivity contribution in [2.45, 2.75) is 39.2 Å². The SMILES string of the molecule is CCc1cc(N2CCC(Oc3ccc(F)cc3)CC2)nc(C)n1. The van der Waals surface area contributed by atoms with Crippen LogP contribution < -0.4 is 9.64 Å². The Morgan fingerprint density at radius 1 is 1.17 bits per heavy atom. The number of ether oxygens (including phenoxy) is 1. The average molecular weight is 315 g/mol. The van der Waals surface area contributed by atoms with Gasteiger partial charge in [-0.2, -0.15) is 0 Å². The first-order chi connectivity index (χ1) is 11.1. The number of anilines is 1. The quantitative estimate of drug-likeness (QED) is 0.865. The maximum absolute atomic E-state index is 12.9. The summed E-state index contributed by atoms with van der Waals surface area (Å²) in [6.07, 6.45) is 2.95. The standard InChI is InChI=1S/C18H22FN3O/c1-3-15-12-18(21-13(2)20-15)22-10-8-17(9-11-22)23-16-6-4-14(19)5-7-16/h4-7,12,17H,3,8-11H2,1-2H3. The van der Waals surface area contributed by atoms with Crippen molar-refractivity contribution in [3.8, 4) is 5.75 Å². The highest BCUT2D eigenvalue weighted by molar-refractivity contribution is 5.40. The lowest BCUT2D eigenvalue weighted by atomic mass is 10.1. The number of hydrogen-bond acceptors (Lipinski definition) is 4. The summed E-state index contributed by atoms with van der Waals surface area (Å²) in [4.78, 5) is 11.3. The number of aromatic nitrogens is 2. The van der Waals surface area contributed by atoms with E-state index in [-0.39, 0.29) is 11.9 Å². The van der Waals surface area contributed by atoms with E-state index >= 15 is 0 Å². The molecular weight excluding hydrogens is 293 g/mol. The molecule has 23 heavy (non-hydrogen) atoms.